The van der Waals surface area contributed by atoms with Crippen LogP contribution in [-0.2, 0) is 5.41 Å². The zero-order valence-corrected chi connectivity index (χ0v) is 21.4. The maximum atomic E-state index is 2.43. The van der Waals surface area contributed by atoms with Gasteiger partial charge in [0.15, 0.2) is 0 Å². The lowest BCUT2D eigenvalue weighted by Crippen LogP contribution is -2.25. The zero-order valence-electron chi connectivity index (χ0n) is 20.6. The van der Waals surface area contributed by atoms with Gasteiger partial charge in [0.2, 0.25) is 0 Å². The fraction of sp³-hybridized carbons (Fsp3) is 0.0270. The van der Waals surface area contributed by atoms with E-state index < -0.39 is 0 Å². The molecule has 0 N–H and O–H groups in total. The molecular formula is C37H22S. The summed E-state index contributed by atoms with van der Waals surface area (Å²) >= 11 is 1.88. The summed E-state index contributed by atoms with van der Waals surface area (Å²) in [4.78, 5) is 0. The van der Waals surface area contributed by atoms with Gasteiger partial charge in [-0.05, 0) is 79.9 Å². The number of thiophene rings is 1. The first-order valence-corrected chi connectivity index (χ1v) is 14.0. The molecule has 0 saturated carbocycles. The number of benzene rings is 6. The number of rotatable bonds is 1. The smallest absolute Gasteiger partial charge is 0.0725 e. The van der Waals surface area contributed by atoms with Crippen molar-refractivity contribution >= 4 is 31.5 Å². The number of hydrogen-bond donors (Lipinski definition) is 0. The van der Waals surface area contributed by atoms with Crippen molar-refractivity contribution in [2.24, 2.45) is 0 Å². The topological polar surface area (TPSA) is 0 Å². The second-order valence-electron chi connectivity index (χ2n) is 10.5. The average molecular weight is 499 g/mol. The summed E-state index contributed by atoms with van der Waals surface area (Å²) in [5, 5.41) is 2.69. The summed E-state index contributed by atoms with van der Waals surface area (Å²) in [6, 6.07) is 49.9. The Kier molecular flexibility index (Phi) is 3.96. The van der Waals surface area contributed by atoms with E-state index in [1.54, 1.807) is 0 Å². The van der Waals surface area contributed by atoms with E-state index >= 15 is 0 Å². The lowest BCUT2D eigenvalue weighted by atomic mass is 9.70. The summed E-state index contributed by atoms with van der Waals surface area (Å²) < 4.78 is 2.70. The average Bonchev–Trinajstić information content (AvgIpc) is 3.60. The molecule has 0 saturated heterocycles. The molecule has 0 radical (unpaired) electrons. The van der Waals surface area contributed by atoms with E-state index in [1.165, 1.54) is 75.8 Å². The van der Waals surface area contributed by atoms with E-state index in [4.69, 9.17) is 0 Å². The highest BCUT2D eigenvalue weighted by Gasteiger charge is 2.51. The lowest BCUT2D eigenvalue weighted by Gasteiger charge is -2.30. The van der Waals surface area contributed by atoms with Crippen LogP contribution in [0, 0.1) is 0 Å². The third kappa shape index (κ3) is 2.45. The van der Waals surface area contributed by atoms with Gasteiger partial charge in [0.05, 0.1) is 5.41 Å². The minimum atomic E-state index is -0.273. The van der Waals surface area contributed by atoms with Gasteiger partial charge >= 0.3 is 0 Å². The largest absolute Gasteiger partial charge is 0.135 e. The number of hydrogen-bond acceptors (Lipinski definition) is 1. The molecule has 7 aromatic rings. The summed E-state index contributed by atoms with van der Waals surface area (Å²) in [5.41, 5.74) is 13.2. The fourth-order valence-electron chi connectivity index (χ4n) is 7.18. The molecule has 1 aromatic heterocycles. The first-order chi connectivity index (χ1) is 18.8. The third-order valence-electron chi connectivity index (χ3n) is 8.71. The molecule has 0 nitrogen and oxygen atoms in total. The van der Waals surface area contributed by atoms with Crippen LogP contribution in [0.15, 0.2) is 133 Å². The molecule has 0 bridgehead atoms. The van der Waals surface area contributed by atoms with Gasteiger partial charge in [0.25, 0.3) is 0 Å². The molecular weight excluding hydrogens is 476 g/mol. The van der Waals surface area contributed by atoms with E-state index in [0.29, 0.717) is 0 Å². The normalized spacial score (nSPS) is 14.0. The molecule has 1 spiro atoms. The van der Waals surface area contributed by atoms with Crippen LogP contribution in [0.3, 0.4) is 0 Å². The lowest BCUT2D eigenvalue weighted by molar-refractivity contribution is 0.794. The summed E-state index contributed by atoms with van der Waals surface area (Å²) in [5.74, 6) is 0. The van der Waals surface area contributed by atoms with E-state index in [1.807, 2.05) is 11.3 Å². The van der Waals surface area contributed by atoms with Crippen LogP contribution in [-0.4, -0.2) is 0 Å². The van der Waals surface area contributed by atoms with Crippen LogP contribution in [0.4, 0.5) is 0 Å². The molecule has 0 fully saturated rings. The standard InChI is InChI=1S/C37H22S/c1-5-13-31-25(9-1)26-10-2-6-14-32(26)37(31)33-15-7-3-11-27(33)29-21-23(17-19-34(29)37)24-18-20-36-30(22-24)28-12-4-8-16-35(28)38-36/h1-22H. The van der Waals surface area contributed by atoms with Crippen molar-refractivity contribution < 1.29 is 0 Å². The van der Waals surface area contributed by atoms with E-state index in [9.17, 15) is 0 Å². The van der Waals surface area contributed by atoms with Crippen molar-refractivity contribution in [1.82, 2.24) is 0 Å². The van der Waals surface area contributed by atoms with Crippen molar-refractivity contribution in [3.05, 3.63) is 156 Å². The highest BCUT2D eigenvalue weighted by Crippen LogP contribution is 2.62. The quantitative estimate of drug-likeness (QED) is 0.211. The first-order valence-electron chi connectivity index (χ1n) is 13.2. The molecule has 6 aromatic carbocycles. The molecule has 0 aliphatic heterocycles. The second-order valence-corrected chi connectivity index (χ2v) is 11.5. The molecule has 0 unspecified atom stereocenters. The predicted octanol–water partition coefficient (Wildman–Crippen LogP) is 10.1. The molecule has 2 aliphatic rings. The molecule has 0 atom stereocenters. The molecule has 0 amide bonds. The van der Waals surface area contributed by atoms with Crippen LogP contribution in [0.25, 0.3) is 53.6 Å². The van der Waals surface area contributed by atoms with Crippen LogP contribution < -0.4 is 0 Å². The Labute approximate surface area is 225 Å². The van der Waals surface area contributed by atoms with Gasteiger partial charge in [-0.15, -0.1) is 11.3 Å². The Hall–Kier alpha value is -4.46. The Morgan fingerprint density at radius 2 is 0.868 bits per heavy atom. The Morgan fingerprint density at radius 3 is 1.58 bits per heavy atom. The second kappa shape index (κ2) is 7.31. The van der Waals surface area contributed by atoms with Crippen molar-refractivity contribution in [3.63, 3.8) is 0 Å². The van der Waals surface area contributed by atoms with Crippen molar-refractivity contribution in [2.75, 3.05) is 0 Å². The molecule has 1 heterocycles. The Morgan fingerprint density at radius 1 is 0.368 bits per heavy atom. The van der Waals surface area contributed by atoms with Crippen LogP contribution in [0.2, 0.25) is 0 Å². The monoisotopic (exact) mass is 498 g/mol. The van der Waals surface area contributed by atoms with Crippen molar-refractivity contribution in [1.29, 1.82) is 0 Å². The van der Waals surface area contributed by atoms with Gasteiger partial charge in [-0.2, -0.15) is 0 Å². The molecule has 38 heavy (non-hydrogen) atoms. The molecule has 176 valence electrons. The molecule has 9 rings (SSSR count). The SMILES string of the molecule is c1ccc2c(c1)-c1ccccc1C21c2ccccc2-c2cc(-c3ccc4sc5ccccc5c4c3)ccc21. The summed E-state index contributed by atoms with van der Waals surface area (Å²) in [6.45, 7) is 0. The third-order valence-corrected chi connectivity index (χ3v) is 9.86. The Bertz CT molecular complexity index is 2050. The van der Waals surface area contributed by atoms with E-state index in [-0.39, 0.29) is 5.41 Å². The van der Waals surface area contributed by atoms with E-state index in [0.717, 1.165) is 0 Å². The van der Waals surface area contributed by atoms with Gasteiger partial charge in [-0.25, -0.2) is 0 Å². The first kappa shape index (κ1) is 20.6. The van der Waals surface area contributed by atoms with Gasteiger partial charge in [0, 0.05) is 20.2 Å². The van der Waals surface area contributed by atoms with Crippen LogP contribution in [0.1, 0.15) is 22.3 Å². The minimum Gasteiger partial charge on any atom is -0.135 e. The maximum Gasteiger partial charge on any atom is 0.0725 e. The minimum absolute atomic E-state index is 0.273. The highest BCUT2D eigenvalue weighted by molar-refractivity contribution is 7.25. The predicted molar refractivity (Wildman–Crippen MR) is 161 cm³/mol. The van der Waals surface area contributed by atoms with E-state index in [2.05, 4.69) is 133 Å². The zero-order chi connectivity index (χ0) is 24.8. The summed E-state index contributed by atoms with van der Waals surface area (Å²) in [6.07, 6.45) is 0. The Balaban J connectivity index is 1.32. The van der Waals surface area contributed by atoms with Gasteiger partial charge in [0.1, 0.15) is 0 Å². The highest BCUT2D eigenvalue weighted by atomic mass is 32.1. The van der Waals surface area contributed by atoms with Crippen molar-refractivity contribution in [2.45, 2.75) is 5.41 Å². The van der Waals surface area contributed by atoms with Gasteiger partial charge in [-0.3, -0.25) is 0 Å². The van der Waals surface area contributed by atoms with Crippen LogP contribution >= 0.6 is 11.3 Å². The van der Waals surface area contributed by atoms with Gasteiger partial charge in [-0.1, -0.05) is 109 Å². The van der Waals surface area contributed by atoms with Gasteiger partial charge < -0.3 is 0 Å². The molecule has 1 heteroatoms. The van der Waals surface area contributed by atoms with Crippen LogP contribution in [0.5, 0.6) is 0 Å². The van der Waals surface area contributed by atoms with Crippen molar-refractivity contribution in [3.8, 4) is 33.4 Å². The summed E-state index contributed by atoms with van der Waals surface area (Å²) in [7, 11) is 0. The fourth-order valence-corrected chi connectivity index (χ4v) is 8.27. The molecule has 2 aliphatic carbocycles. The maximum absolute atomic E-state index is 2.43. The number of fused-ring (bicyclic) bond motifs is 13.